The summed E-state index contributed by atoms with van der Waals surface area (Å²) >= 11 is 0. The van der Waals surface area contributed by atoms with Crippen molar-refractivity contribution >= 4 is 15.7 Å². The number of amides is 1. The van der Waals surface area contributed by atoms with E-state index in [2.05, 4.69) is 9.80 Å². The van der Waals surface area contributed by atoms with Gasteiger partial charge in [-0.2, -0.15) is 0 Å². The van der Waals surface area contributed by atoms with Crippen LogP contribution in [-0.2, 0) is 19.4 Å². The Balaban J connectivity index is 1.48. The molecule has 4 fully saturated rings. The molecule has 2 aliphatic carbocycles. The van der Waals surface area contributed by atoms with Crippen LogP contribution in [0.15, 0.2) is 0 Å². The summed E-state index contributed by atoms with van der Waals surface area (Å²) in [5, 5.41) is 0. The molecule has 6 nitrogen and oxygen atoms in total. The van der Waals surface area contributed by atoms with Gasteiger partial charge in [0.25, 0.3) is 0 Å². The molecule has 4 aliphatic rings. The maximum Gasteiger partial charge on any atom is 0.237 e. The summed E-state index contributed by atoms with van der Waals surface area (Å²) in [6, 6.07) is 0.722. The number of sulfone groups is 1. The molecule has 0 radical (unpaired) electrons. The van der Waals surface area contributed by atoms with E-state index in [0.717, 1.165) is 45.1 Å². The minimum absolute atomic E-state index is 0.0392. The van der Waals surface area contributed by atoms with Crippen LogP contribution in [0, 0.1) is 0 Å². The Morgan fingerprint density at radius 3 is 1.93 bits per heavy atom. The van der Waals surface area contributed by atoms with E-state index in [4.69, 9.17) is 4.74 Å². The van der Waals surface area contributed by atoms with E-state index in [-0.39, 0.29) is 29.6 Å². The lowest BCUT2D eigenvalue weighted by molar-refractivity contribution is -0.140. The zero-order valence-electron chi connectivity index (χ0n) is 18.5. The molecule has 0 aromatic rings. The van der Waals surface area contributed by atoms with Gasteiger partial charge in [0.2, 0.25) is 5.91 Å². The highest BCUT2D eigenvalue weighted by molar-refractivity contribution is 7.91. The molecule has 2 atom stereocenters. The van der Waals surface area contributed by atoms with Gasteiger partial charge in [0, 0.05) is 31.3 Å². The molecule has 0 spiro atoms. The molecule has 0 bridgehead atoms. The lowest BCUT2D eigenvalue weighted by Crippen LogP contribution is -2.54. The third-order valence-corrected chi connectivity index (χ3v) is 9.50. The van der Waals surface area contributed by atoms with Crippen molar-refractivity contribution in [1.29, 1.82) is 0 Å². The maximum absolute atomic E-state index is 13.7. The van der Waals surface area contributed by atoms with Crippen LogP contribution < -0.4 is 0 Å². The second kappa shape index (κ2) is 10.3. The van der Waals surface area contributed by atoms with Crippen molar-refractivity contribution < 1.29 is 17.9 Å². The number of ether oxygens (including phenoxy) is 1. The zero-order chi connectivity index (χ0) is 21.0. The van der Waals surface area contributed by atoms with E-state index in [0.29, 0.717) is 31.6 Å². The average molecular weight is 441 g/mol. The minimum atomic E-state index is -2.98. The summed E-state index contributed by atoms with van der Waals surface area (Å²) in [4.78, 5) is 18.2. The number of nitrogens with zero attached hydrogens (tertiary/aromatic N) is 2. The fourth-order valence-corrected chi connectivity index (χ4v) is 7.90. The molecule has 30 heavy (non-hydrogen) atoms. The molecule has 2 heterocycles. The fourth-order valence-electron chi connectivity index (χ4n) is 6.14. The van der Waals surface area contributed by atoms with Crippen molar-refractivity contribution in [3.8, 4) is 0 Å². The molecule has 0 N–H and O–H groups in total. The molecule has 0 aromatic carbocycles. The van der Waals surface area contributed by atoms with Crippen LogP contribution in [0.5, 0.6) is 0 Å². The molecule has 7 heteroatoms. The second-order valence-corrected chi connectivity index (χ2v) is 12.2. The van der Waals surface area contributed by atoms with Crippen molar-refractivity contribution in [2.24, 2.45) is 0 Å². The van der Waals surface area contributed by atoms with Gasteiger partial charge in [0.1, 0.15) is 0 Å². The molecular formula is C23H40N2O4S. The van der Waals surface area contributed by atoms with Gasteiger partial charge in [0.05, 0.1) is 24.2 Å². The van der Waals surface area contributed by atoms with Gasteiger partial charge in [0.15, 0.2) is 9.84 Å². The van der Waals surface area contributed by atoms with Crippen molar-refractivity contribution in [3.63, 3.8) is 0 Å². The van der Waals surface area contributed by atoms with E-state index < -0.39 is 9.84 Å². The molecular weight excluding hydrogens is 400 g/mol. The van der Waals surface area contributed by atoms with Gasteiger partial charge >= 0.3 is 0 Å². The quantitative estimate of drug-likeness (QED) is 0.608. The number of hydrogen-bond acceptors (Lipinski definition) is 5. The van der Waals surface area contributed by atoms with Crippen LogP contribution in [0.3, 0.4) is 0 Å². The van der Waals surface area contributed by atoms with Crippen LogP contribution in [0.1, 0.15) is 83.5 Å². The van der Waals surface area contributed by atoms with Gasteiger partial charge in [-0.3, -0.25) is 9.69 Å². The Bertz CT molecular complexity index is 647. The normalized spacial score (nSPS) is 30.7. The standard InChI is InChI=1S/C23H40N2O4S/c26-23(25(19-8-3-1-4-9-19)20-10-5-2-6-11-20)17-24(16-22-12-7-14-29-22)21-13-15-30(27,28)18-21/h19-22H,1-18H2. The highest BCUT2D eigenvalue weighted by atomic mass is 32.2. The summed E-state index contributed by atoms with van der Waals surface area (Å²) in [5.74, 6) is 0.680. The summed E-state index contributed by atoms with van der Waals surface area (Å²) in [6.07, 6.45) is 14.9. The highest BCUT2D eigenvalue weighted by Crippen LogP contribution is 2.31. The minimum Gasteiger partial charge on any atom is -0.377 e. The molecule has 4 rings (SSSR count). The summed E-state index contributed by atoms with van der Waals surface area (Å²) in [6.45, 7) is 1.83. The first-order valence-electron chi connectivity index (χ1n) is 12.4. The zero-order valence-corrected chi connectivity index (χ0v) is 19.3. The Morgan fingerprint density at radius 2 is 1.43 bits per heavy atom. The Morgan fingerprint density at radius 1 is 0.800 bits per heavy atom. The molecule has 0 aromatic heterocycles. The number of rotatable bonds is 7. The van der Waals surface area contributed by atoms with Crippen molar-refractivity contribution in [2.45, 2.75) is 108 Å². The molecule has 2 saturated heterocycles. The lowest BCUT2D eigenvalue weighted by atomic mass is 9.88. The van der Waals surface area contributed by atoms with Gasteiger partial charge in [-0.05, 0) is 44.9 Å². The highest BCUT2D eigenvalue weighted by Gasteiger charge is 2.38. The third-order valence-electron chi connectivity index (χ3n) is 7.75. The van der Waals surface area contributed by atoms with Gasteiger partial charge in [-0.1, -0.05) is 38.5 Å². The smallest absolute Gasteiger partial charge is 0.237 e. The first kappa shape index (κ1) is 22.5. The van der Waals surface area contributed by atoms with Gasteiger partial charge < -0.3 is 9.64 Å². The van der Waals surface area contributed by atoms with E-state index in [1.165, 1.54) is 38.5 Å². The summed E-state index contributed by atoms with van der Waals surface area (Å²) in [7, 11) is -2.98. The van der Waals surface area contributed by atoms with Gasteiger partial charge in [-0.25, -0.2) is 8.42 Å². The number of carbonyl (C=O) groups excluding carboxylic acids is 1. The molecule has 2 saturated carbocycles. The van der Waals surface area contributed by atoms with Crippen LogP contribution in [-0.4, -0.2) is 79.6 Å². The van der Waals surface area contributed by atoms with Crippen LogP contribution in [0.4, 0.5) is 0 Å². The van der Waals surface area contributed by atoms with Crippen molar-refractivity contribution in [2.75, 3.05) is 31.2 Å². The topological polar surface area (TPSA) is 66.9 Å². The average Bonchev–Trinajstić information content (AvgIpc) is 3.38. The Labute approximate surface area is 182 Å². The fraction of sp³-hybridized carbons (Fsp3) is 0.957. The SMILES string of the molecule is O=C(CN(CC1CCCO1)C1CCS(=O)(=O)C1)N(C1CCCCC1)C1CCCCC1. The first-order chi connectivity index (χ1) is 14.5. The van der Waals surface area contributed by atoms with Crippen molar-refractivity contribution in [1.82, 2.24) is 9.80 Å². The maximum atomic E-state index is 13.7. The number of carbonyl (C=O) groups is 1. The summed E-state index contributed by atoms with van der Waals surface area (Å²) < 4.78 is 30.1. The second-order valence-electron chi connectivity index (χ2n) is 10.0. The van der Waals surface area contributed by atoms with E-state index in [1.54, 1.807) is 0 Å². The largest absolute Gasteiger partial charge is 0.377 e. The molecule has 1 amide bonds. The Kier molecular flexibility index (Phi) is 7.74. The lowest BCUT2D eigenvalue weighted by Gasteiger charge is -2.43. The predicted octanol–water partition coefficient (Wildman–Crippen LogP) is 3.15. The monoisotopic (exact) mass is 440 g/mol. The summed E-state index contributed by atoms with van der Waals surface area (Å²) in [5.41, 5.74) is 0. The Hall–Kier alpha value is -0.660. The third kappa shape index (κ3) is 5.77. The van der Waals surface area contributed by atoms with Crippen LogP contribution in [0.2, 0.25) is 0 Å². The first-order valence-corrected chi connectivity index (χ1v) is 14.2. The molecule has 2 aliphatic heterocycles. The molecule has 172 valence electrons. The van der Waals surface area contributed by atoms with E-state index in [1.807, 2.05) is 0 Å². The number of hydrogen-bond donors (Lipinski definition) is 0. The van der Waals surface area contributed by atoms with Crippen molar-refractivity contribution in [3.05, 3.63) is 0 Å². The molecule has 2 unspecified atom stereocenters. The van der Waals surface area contributed by atoms with E-state index >= 15 is 0 Å². The predicted molar refractivity (Wildman–Crippen MR) is 118 cm³/mol. The van der Waals surface area contributed by atoms with E-state index in [9.17, 15) is 13.2 Å². The van der Waals surface area contributed by atoms with Gasteiger partial charge in [-0.15, -0.1) is 0 Å². The van der Waals surface area contributed by atoms with Crippen LogP contribution in [0.25, 0.3) is 0 Å². The van der Waals surface area contributed by atoms with Crippen LogP contribution >= 0.6 is 0 Å².